The summed E-state index contributed by atoms with van der Waals surface area (Å²) in [5, 5.41) is 8.80. The Bertz CT molecular complexity index is 460. The first kappa shape index (κ1) is 13.5. The predicted octanol–water partition coefficient (Wildman–Crippen LogP) is 2.18. The molecule has 1 aromatic rings. The lowest BCUT2D eigenvalue weighted by Gasteiger charge is -2.09. The van der Waals surface area contributed by atoms with E-state index < -0.39 is 29.9 Å². The number of esters is 1. The number of rotatable bonds is 4. The number of halogens is 1. The largest absolute Gasteiger partial charge is 0.481 e. The number of aliphatic carboxylic acids is 1. The van der Waals surface area contributed by atoms with Gasteiger partial charge in [-0.1, -0.05) is 30.3 Å². The van der Waals surface area contributed by atoms with Gasteiger partial charge in [-0.2, -0.15) is 0 Å². The summed E-state index contributed by atoms with van der Waals surface area (Å²) in [7, 11) is 0. The minimum atomic E-state index is -1.47. The fraction of sp³-hybridized carbons (Fsp3) is 0.429. The quantitative estimate of drug-likeness (QED) is 0.848. The first-order valence-corrected chi connectivity index (χ1v) is 6.15. The highest BCUT2D eigenvalue weighted by Gasteiger charge is 2.42. The molecular formula is C14H15FO4. The van der Waals surface area contributed by atoms with E-state index in [9.17, 15) is 14.0 Å². The zero-order valence-corrected chi connectivity index (χ0v) is 10.3. The zero-order valence-electron chi connectivity index (χ0n) is 10.3. The summed E-state index contributed by atoms with van der Waals surface area (Å²) in [6.07, 6.45) is -1.51. The number of carbonyl (C=O) groups is 2. The standard InChI is InChI=1S/C14H15FO4/c15-12-7-10(6-11(12)13(16)17)14(18)19-8-9-4-2-1-3-5-9/h1-5,10-12H,6-8H2,(H,16,17)/t10?,11-,12+/m0/s1. The van der Waals surface area contributed by atoms with E-state index in [2.05, 4.69) is 0 Å². The third-order valence-electron chi connectivity index (χ3n) is 3.36. The van der Waals surface area contributed by atoms with Crippen LogP contribution in [0.5, 0.6) is 0 Å². The molecule has 5 heteroatoms. The molecule has 1 fully saturated rings. The number of carboxylic acids is 1. The zero-order chi connectivity index (χ0) is 13.8. The molecule has 0 radical (unpaired) electrons. The topological polar surface area (TPSA) is 63.6 Å². The van der Waals surface area contributed by atoms with E-state index in [0.717, 1.165) is 5.56 Å². The minimum Gasteiger partial charge on any atom is -0.481 e. The van der Waals surface area contributed by atoms with Gasteiger partial charge in [0.2, 0.25) is 0 Å². The molecule has 19 heavy (non-hydrogen) atoms. The average molecular weight is 266 g/mol. The Morgan fingerprint density at radius 3 is 2.53 bits per heavy atom. The van der Waals surface area contributed by atoms with Crippen LogP contribution in [0.25, 0.3) is 0 Å². The van der Waals surface area contributed by atoms with Gasteiger partial charge in [0, 0.05) is 0 Å². The second-order valence-electron chi connectivity index (χ2n) is 4.72. The summed E-state index contributed by atoms with van der Waals surface area (Å²) in [5.74, 6) is -3.45. The van der Waals surface area contributed by atoms with E-state index >= 15 is 0 Å². The smallest absolute Gasteiger partial charge is 0.309 e. The number of benzene rings is 1. The molecule has 1 aliphatic carbocycles. The van der Waals surface area contributed by atoms with Crippen molar-refractivity contribution in [3.63, 3.8) is 0 Å². The van der Waals surface area contributed by atoms with E-state index in [0.29, 0.717) is 0 Å². The molecule has 102 valence electrons. The Balaban J connectivity index is 1.86. The van der Waals surface area contributed by atoms with Gasteiger partial charge < -0.3 is 9.84 Å². The van der Waals surface area contributed by atoms with Crippen LogP contribution in [-0.4, -0.2) is 23.2 Å². The van der Waals surface area contributed by atoms with Crippen LogP contribution in [0.2, 0.25) is 0 Å². The molecule has 0 aliphatic heterocycles. The highest BCUT2D eigenvalue weighted by atomic mass is 19.1. The molecule has 0 spiro atoms. The number of hydrogen-bond acceptors (Lipinski definition) is 3. The Hall–Kier alpha value is -1.91. The van der Waals surface area contributed by atoms with Crippen molar-refractivity contribution in [3.05, 3.63) is 35.9 Å². The molecule has 0 aromatic heterocycles. The molecule has 1 aromatic carbocycles. The van der Waals surface area contributed by atoms with Crippen LogP contribution in [0.1, 0.15) is 18.4 Å². The van der Waals surface area contributed by atoms with Gasteiger partial charge in [-0.15, -0.1) is 0 Å². The van der Waals surface area contributed by atoms with E-state index in [4.69, 9.17) is 9.84 Å². The molecule has 1 saturated carbocycles. The van der Waals surface area contributed by atoms with E-state index in [1.165, 1.54) is 0 Å². The molecule has 1 aliphatic rings. The summed E-state index contributed by atoms with van der Waals surface area (Å²) in [6, 6.07) is 9.15. The summed E-state index contributed by atoms with van der Waals surface area (Å²) in [6.45, 7) is 0.130. The van der Waals surface area contributed by atoms with Crippen molar-refractivity contribution >= 4 is 11.9 Å². The van der Waals surface area contributed by atoms with Crippen LogP contribution in [0.15, 0.2) is 30.3 Å². The Labute approximate surface area is 110 Å². The van der Waals surface area contributed by atoms with Gasteiger partial charge in [-0.3, -0.25) is 9.59 Å². The Kier molecular flexibility index (Phi) is 4.14. The van der Waals surface area contributed by atoms with Crippen LogP contribution >= 0.6 is 0 Å². The van der Waals surface area contributed by atoms with Gasteiger partial charge in [0.05, 0.1) is 11.8 Å². The number of carbonyl (C=O) groups excluding carboxylic acids is 1. The van der Waals surface area contributed by atoms with E-state index in [1.807, 2.05) is 30.3 Å². The van der Waals surface area contributed by atoms with Crippen LogP contribution in [0.3, 0.4) is 0 Å². The Morgan fingerprint density at radius 2 is 1.95 bits per heavy atom. The van der Waals surface area contributed by atoms with Gasteiger partial charge in [0.1, 0.15) is 12.8 Å². The monoisotopic (exact) mass is 266 g/mol. The van der Waals surface area contributed by atoms with Crippen LogP contribution in [0, 0.1) is 11.8 Å². The highest BCUT2D eigenvalue weighted by Crippen LogP contribution is 2.34. The van der Waals surface area contributed by atoms with Crippen LogP contribution in [-0.2, 0) is 20.9 Å². The van der Waals surface area contributed by atoms with Crippen molar-refractivity contribution in [1.29, 1.82) is 0 Å². The second kappa shape index (κ2) is 5.82. The van der Waals surface area contributed by atoms with Crippen LogP contribution < -0.4 is 0 Å². The van der Waals surface area contributed by atoms with Crippen molar-refractivity contribution in [2.75, 3.05) is 0 Å². The normalized spacial score (nSPS) is 26.1. The molecule has 1 N–H and O–H groups in total. The minimum absolute atomic E-state index is 0.0180. The van der Waals surface area contributed by atoms with Crippen LogP contribution in [0.4, 0.5) is 4.39 Å². The molecule has 0 bridgehead atoms. The molecule has 3 atom stereocenters. The SMILES string of the molecule is O=C(OCc1ccccc1)C1C[C@@H](F)[C@@H](C(=O)O)C1. The van der Waals surface area contributed by atoms with Crippen molar-refractivity contribution < 1.29 is 23.8 Å². The fourth-order valence-corrected chi connectivity index (χ4v) is 2.28. The lowest BCUT2D eigenvalue weighted by Crippen LogP contribution is -2.19. The summed E-state index contributed by atoms with van der Waals surface area (Å²) >= 11 is 0. The molecule has 4 nitrogen and oxygen atoms in total. The van der Waals surface area contributed by atoms with E-state index in [1.54, 1.807) is 0 Å². The van der Waals surface area contributed by atoms with Gasteiger partial charge in [-0.25, -0.2) is 4.39 Å². The fourth-order valence-electron chi connectivity index (χ4n) is 2.28. The maximum Gasteiger partial charge on any atom is 0.309 e. The highest BCUT2D eigenvalue weighted by molar-refractivity contribution is 5.77. The predicted molar refractivity (Wildman–Crippen MR) is 65.0 cm³/mol. The first-order chi connectivity index (χ1) is 9.08. The van der Waals surface area contributed by atoms with E-state index in [-0.39, 0.29) is 19.4 Å². The average Bonchev–Trinajstić information content (AvgIpc) is 2.79. The van der Waals surface area contributed by atoms with Gasteiger partial charge >= 0.3 is 11.9 Å². The molecule has 0 amide bonds. The second-order valence-corrected chi connectivity index (χ2v) is 4.72. The van der Waals surface area contributed by atoms with Crippen molar-refractivity contribution in [1.82, 2.24) is 0 Å². The number of alkyl halides is 1. The lowest BCUT2D eigenvalue weighted by molar-refractivity contribution is -0.150. The number of hydrogen-bond donors (Lipinski definition) is 1. The van der Waals surface area contributed by atoms with Crippen molar-refractivity contribution in [3.8, 4) is 0 Å². The molecular weight excluding hydrogens is 251 g/mol. The van der Waals surface area contributed by atoms with Crippen molar-refractivity contribution in [2.45, 2.75) is 25.6 Å². The molecule has 1 unspecified atom stereocenters. The van der Waals surface area contributed by atoms with Crippen molar-refractivity contribution in [2.24, 2.45) is 11.8 Å². The summed E-state index contributed by atoms with van der Waals surface area (Å²) < 4.78 is 18.5. The lowest BCUT2D eigenvalue weighted by atomic mass is 10.1. The molecule has 0 heterocycles. The first-order valence-electron chi connectivity index (χ1n) is 6.15. The van der Waals surface area contributed by atoms with Gasteiger partial charge in [0.25, 0.3) is 0 Å². The molecule has 2 rings (SSSR count). The number of ether oxygens (including phenoxy) is 1. The Morgan fingerprint density at radius 1 is 1.26 bits per heavy atom. The summed E-state index contributed by atoms with van der Waals surface area (Å²) in [4.78, 5) is 22.5. The van der Waals surface area contributed by atoms with Gasteiger partial charge in [0.15, 0.2) is 0 Å². The summed E-state index contributed by atoms with van der Waals surface area (Å²) in [5.41, 5.74) is 0.848. The third-order valence-corrected chi connectivity index (χ3v) is 3.36. The van der Waals surface area contributed by atoms with Gasteiger partial charge in [-0.05, 0) is 18.4 Å². The maximum absolute atomic E-state index is 13.4. The third kappa shape index (κ3) is 3.30. The number of carboxylic acid groups (broad SMARTS) is 1. The maximum atomic E-state index is 13.4. The molecule has 0 saturated heterocycles.